The first-order valence-electron chi connectivity index (χ1n) is 7.32. The second-order valence-electron chi connectivity index (χ2n) is 4.79. The molecule has 0 fully saturated rings. The Morgan fingerprint density at radius 1 is 1.17 bits per heavy atom. The number of nitrogen functional groups attached to an aromatic ring is 1. The van der Waals surface area contributed by atoms with E-state index < -0.39 is 5.91 Å². The summed E-state index contributed by atoms with van der Waals surface area (Å²) in [6, 6.07) is 10.5. The first kappa shape index (κ1) is 15.6. The Kier molecular flexibility index (Phi) is 4.46. The molecule has 0 spiro atoms. The maximum absolute atomic E-state index is 12.1. The molecule has 8 nitrogen and oxygen atoms in total. The van der Waals surface area contributed by atoms with E-state index in [1.807, 2.05) is 19.1 Å². The minimum absolute atomic E-state index is 0.00332. The lowest BCUT2D eigenvalue weighted by Gasteiger charge is -2.06. The van der Waals surface area contributed by atoms with E-state index in [2.05, 4.69) is 10.1 Å². The van der Waals surface area contributed by atoms with Gasteiger partial charge in [0.25, 0.3) is 0 Å². The topological polar surface area (TPSA) is 105 Å². The van der Waals surface area contributed by atoms with Crippen LogP contribution >= 0.6 is 0 Å². The average molecular weight is 328 g/mol. The third-order valence-electron chi connectivity index (χ3n) is 3.15. The first-order valence-corrected chi connectivity index (χ1v) is 7.32. The number of nitrogens with zero attached hydrogens (tertiary/aromatic N) is 3. The average Bonchev–Trinajstić information content (AvgIpc) is 3.23. The Morgan fingerprint density at radius 3 is 2.50 bits per heavy atom. The molecule has 0 atom stereocenters. The van der Waals surface area contributed by atoms with E-state index in [9.17, 15) is 4.79 Å². The van der Waals surface area contributed by atoms with Crippen LogP contribution in [0.5, 0.6) is 11.5 Å². The highest BCUT2D eigenvalue weighted by Gasteiger charge is 2.17. The Labute approximate surface area is 137 Å². The molecule has 0 radical (unpaired) electrons. The highest BCUT2D eigenvalue weighted by molar-refractivity contribution is 5.94. The molecule has 0 saturated carbocycles. The monoisotopic (exact) mass is 328 g/mol. The van der Waals surface area contributed by atoms with E-state index in [4.69, 9.17) is 19.6 Å². The van der Waals surface area contributed by atoms with Crippen LogP contribution in [0, 0.1) is 0 Å². The lowest BCUT2D eigenvalue weighted by atomic mass is 10.3. The van der Waals surface area contributed by atoms with Crippen molar-refractivity contribution in [3.05, 3.63) is 54.2 Å². The van der Waals surface area contributed by atoms with Crippen molar-refractivity contribution in [3.8, 4) is 11.5 Å². The van der Waals surface area contributed by atoms with E-state index in [0.29, 0.717) is 18.1 Å². The van der Waals surface area contributed by atoms with Crippen LogP contribution in [-0.2, 0) is 6.61 Å². The summed E-state index contributed by atoms with van der Waals surface area (Å²) < 4.78 is 17.4. The first-order chi connectivity index (χ1) is 11.7. The fourth-order valence-corrected chi connectivity index (χ4v) is 2.03. The Morgan fingerprint density at radius 2 is 1.88 bits per heavy atom. The summed E-state index contributed by atoms with van der Waals surface area (Å²) >= 11 is 0. The van der Waals surface area contributed by atoms with E-state index in [-0.39, 0.29) is 18.3 Å². The molecular weight excluding hydrogens is 312 g/mol. The van der Waals surface area contributed by atoms with Crippen molar-refractivity contribution in [2.45, 2.75) is 13.5 Å². The lowest BCUT2D eigenvalue weighted by molar-refractivity contribution is 0.0916. The highest BCUT2D eigenvalue weighted by Crippen LogP contribution is 2.19. The number of furan rings is 1. The van der Waals surface area contributed by atoms with Crippen LogP contribution in [-0.4, -0.2) is 27.3 Å². The summed E-state index contributed by atoms with van der Waals surface area (Å²) in [5.41, 5.74) is 5.55. The molecule has 0 saturated heterocycles. The van der Waals surface area contributed by atoms with Gasteiger partial charge in [-0.2, -0.15) is 9.67 Å². The second kappa shape index (κ2) is 6.86. The van der Waals surface area contributed by atoms with Gasteiger partial charge in [0.15, 0.2) is 5.76 Å². The van der Waals surface area contributed by atoms with Gasteiger partial charge in [-0.05, 0) is 43.3 Å². The van der Waals surface area contributed by atoms with Crippen molar-refractivity contribution in [2.75, 3.05) is 12.3 Å². The molecular formula is C16H16N4O4. The molecule has 0 unspecified atom stereocenters. The molecule has 0 aliphatic heterocycles. The summed E-state index contributed by atoms with van der Waals surface area (Å²) in [5, 5.41) is 3.75. The number of benzene rings is 1. The van der Waals surface area contributed by atoms with E-state index in [1.54, 1.807) is 24.3 Å². The molecule has 3 rings (SSSR count). The smallest absolute Gasteiger partial charge is 0.317 e. The SMILES string of the molecule is CCOc1ccc(OCc2ccc(C(=O)n3ncnc3N)o2)cc1. The predicted molar refractivity (Wildman–Crippen MR) is 84.8 cm³/mol. The fourth-order valence-electron chi connectivity index (χ4n) is 2.03. The molecule has 2 aromatic heterocycles. The van der Waals surface area contributed by atoms with Crippen LogP contribution < -0.4 is 15.2 Å². The minimum atomic E-state index is -0.489. The van der Waals surface area contributed by atoms with Crippen LogP contribution in [0.3, 0.4) is 0 Å². The number of hydrogen-bond donors (Lipinski definition) is 1. The van der Waals surface area contributed by atoms with Crippen LogP contribution in [0.25, 0.3) is 0 Å². The van der Waals surface area contributed by atoms with Crippen LogP contribution in [0.2, 0.25) is 0 Å². The maximum atomic E-state index is 12.1. The van der Waals surface area contributed by atoms with Gasteiger partial charge in [0, 0.05) is 0 Å². The second-order valence-corrected chi connectivity index (χ2v) is 4.79. The maximum Gasteiger partial charge on any atom is 0.317 e. The van der Waals surface area contributed by atoms with Gasteiger partial charge in [0.2, 0.25) is 5.95 Å². The van der Waals surface area contributed by atoms with Crippen LogP contribution in [0.4, 0.5) is 5.95 Å². The minimum Gasteiger partial charge on any atom is -0.494 e. The Bertz CT molecular complexity index is 823. The molecule has 1 aromatic carbocycles. The Balaban J connectivity index is 1.62. The quantitative estimate of drug-likeness (QED) is 0.738. The highest BCUT2D eigenvalue weighted by atomic mass is 16.5. The summed E-state index contributed by atoms with van der Waals surface area (Å²) in [4.78, 5) is 15.8. The van der Waals surface area contributed by atoms with Gasteiger partial charge in [0.05, 0.1) is 6.61 Å². The van der Waals surface area contributed by atoms with Crippen molar-refractivity contribution < 1.29 is 18.7 Å². The van der Waals surface area contributed by atoms with Crippen LogP contribution in [0.1, 0.15) is 23.2 Å². The van der Waals surface area contributed by atoms with Crippen molar-refractivity contribution in [2.24, 2.45) is 0 Å². The van der Waals surface area contributed by atoms with Gasteiger partial charge in [-0.3, -0.25) is 4.79 Å². The number of anilines is 1. The standard InChI is InChI=1S/C16H16N4O4/c1-2-22-11-3-5-12(6-4-11)23-9-13-7-8-14(24-13)15(21)20-16(17)18-10-19-20/h3-8,10H,2,9H2,1H3,(H2,17,18,19). The predicted octanol–water partition coefficient (Wildman–Crippen LogP) is 2.12. The zero-order valence-corrected chi connectivity index (χ0v) is 13.0. The molecule has 0 bridgehead atoms. The lowest BCUT2D eigenvalue weighted by Crippen LogP contribution is -2.15. The number of carbonyl (C=O) groups excluding carboxylic acids is 1. The van der Waals surface area contributed by atoms with E-state index >= 15 is 0 Å². The normalized spacial score (nSPS) is 10.5. The zero-order chi connectivity index (χ0) is 16.9. The largest absolute Gasteiger partial charge is 0.494 e. The van der Waals surface area contributed by atoms with Gasteiger partial charge >= 0.3 is 5.91 Å². The van der Waals surface area contributed by atoms with Crippen molar-refractivity contribution in [1.82, 2.24) is 14.8 Å². The van der Waals surface area contributed by atoms with E-state index in [0.717, 1.165) is 10.4 Å². The summed E-state index contributed by atoms with van der Waals surface area (Å²) in [6.45, 7) is 2.72. The van der Waals surface area contributed by atoms with Crippen molar-refractivity contribution in [1.29, 1.82) is 0 Å². The summed E-state index contributed by atoms with van der Waals surface area (Å²) in [5.74, 6) is 1.58. The molecule has 0 aliphatic rings. The molecule has 24 heavy (non-hydrogen) atoms. The molecule has 0 amide bonds. The molecule has 2 N–H and O–H groups in total. The zero-order valence-electron chi connectivity index (χ0n) is 13.0. The molecule has 2 heterocycles. The summed E-state index contributed by atoms with van der Waals surface area (Å²) in [6.07, 6.45) is 1.20. The van der Waals surface area contributed by atoms with Gasteiger partial charge in [-0.1, -0.05) is 0 Å². The summed E-state index contributed by atoms with van der Waals surface area (Å²) in [7, 11) is 0. The number of rotatable bonds is 6. The molecule has 3 aromatic rings. The van der Waals surface area contributed by atoms with Crippen LogP contribution in [0.15, 0.2) is 47.1 Å². The molecule has 8 heteroatoms. The number of carbonyl (C=O) groups is 1. The number of aromatic nitrogens is 3. The number of hydrogen-bond acceptors (Lipinski definition) is 7. The third-order valence-corrected chi connectivity index (χ3v) is 3.15. The van der Waals surface area contributed by atoms with Gasteiger partial charge in [-0.15, -0.1) is 5.10 Å². The van der Waals surface area contributed by atoms with Crippen molar-refractivity contribution >= 4 is 11.9 Å². The van der Waals surface area contributed by atoms with Gasteiger partial charge < -0.3 is 19.6 Å². The number of ether oxygens (including phenoxy) is 2. The number of nitrogens with two attached hydrogens (primary N) is 1. The Hall–Kier alpha value is -3.29. The third kappa shape index (κ3) is 3.37. The molecule has 124 valence electrons. The van der Waals surface area contributed by atoms with Crippen molar-refractivity contribution in [3.63, 3.8) is 0 Å². The van der Waals surface area contributed by atoms with Gasteiger partial charge in [-0.25, -0.2) is 0 Å². The van der Waals surface area contributed by atoms with E-state index in [1.165, 1.54) is 6.33 Å². The fraction of sp³-hybridized carbons (Fsp3) is 0.188. The molecule has 0 aliphatic carbocycles. The van der Waals surface area contributed by atoms with Gasteiger partial charge in [0.1, 0.15) is 30.2 Å².